The van der Waals surface area contributed by atoms with E-state index in [9.17, 15) is 4.79 Å². The lowest BCUT2D eigenvalue weighted by Crippen LogP contribution is -2.58. The number of azo groups is 1. The van der Waals surface area contributed by atoms with Crippen molar-refractivity contribution >= 4 is 17.5 Å². The van der Waals surface area contributed by atoms with Crippen molar-refractivity contribution in [2.45, 2.75) is 57.7 Å². The number of hydrogen-bond donors (Lipinski definition) is 2. The largest absolute Gasteiger partial charge is 0.362 e. The van der Waals surface area contributed by atoms with E-state index in [1.165, 1.54) is 0 Å². The lowest BCUT2D eigenvalue weighted by atomic mass is 9.62. The highest BCUT2D eigenvalue weighted by molar-refractivity contribution is 6.33. The number of pyridine rings is 1. The van der Waals surface area contributed by atoms with Crippen LogP contribution in [0.5, 0.6) is 0 Å². The van der Waals surface area contributed by atoms with Gasteiger partial charge in [-0.3, -0.25) is 9.78 Å². The van der Waals surface area contributed by atoms with Crippen LogP contribution >= 0.6 is 11.6 Å². The van der Waals surface area contributed by atoms with Crippen LogP contribution in [0, 0.1) is 6.92 Å². The molecule has 2 N–H and O–H groups in total. The van der Waals surface area contributed by atoms with Crippen molar-refractivity contribution in [2.24, 2.45) is 10.2 Å². The van der Waals surface area contributed by atoms with Gasteiger partial charge in [-0.25, -0.2) is 0 Å². The van der Waals surface area contributed by atoms with Gasteiger partial charge in [0.1, 0.15) is 0 Å². The average Bonchev–Trinajstić information content (AvgIpc) is 3.22. The molecule has 0 fully saturated rings. The highest BCUT2D eigenvalue weighted by Gasteiger charge is 2.53. The van der Waals surface area contributed by atoms with Crippen LogP contribution < -0.4 is 10.6 Å². The number of nitrogens with zero attached hydrogens (tertiary/aromatic N) is 3. The summed E-state index contributed by atoms with van der Waals surface area (Å²) in [6.45, 7) is 8.10. The molecule has 164 valence electrons. The van der Waals surface area contributed by atoms with Gasteiger partial charge in [0, 0.05) is 35.0 Å². The zero-order valence-electron chi connectivity index (χ0n) is 18.7. The monoisotopic (exact) mass is 447 g/mol. The van der Waals surface area contributed by atoms with E-state index in [-0.39, 0.29) is 17.6 Å². The standard InChI is InChI=1S/C25H26ClN5O/c1-5-25(16-8-6-7-15(11-16)17-9-10-27-14(2)21(17)26)18-13-28-31-22(18)29-19-12-24(3,4)30-23(32)20(19)25/h6-11,13,22,29H,5,12H2,1-4H3,(H,30,32)/t22?,25-/m0/s1. The quantitative estimate of drug-likeness (QED) is 0.679. The second kappa shape index (κ2) is 7.27. The van der Waals surface area contributed by atoms with Crippen LogP contribution in [-0.2, 0) is 10.2 Å². The Labute approximate surface area is 192 Å². The number of aryl methyl sites for hydroxylation is 1. The summed E-state index contributed by atoms with van der Waals surface area (Å²) in [6.07, 6.45) is 4.75. The molecule has 5 rings (SSSR count). The maximum atomic E-state index is 13.5. The van der Waals surface area contributed by atoms with Gasteiger partial charge in [-0.15, -0.1) is 0 Å². The van der Waals surface area contributed by atoms with E-state index >= 15 is 0 Å². The van der Waals surface area contributed by atoms with Gasteiger partial charge in [0.15, 0.2) is 6.17 Å². The van der Waals surface area contributed by atoms with Gasteiger partial charge in [0.2, 0.25) is 0 Å². The van der Waals surface area contributed by atoms with Gasteiger partial charge < -0.3 is 10.6 Å². The van der Waals surface area contributed by atoms with E-state index in [1.54, 1.807) is 6.20 Å². The van der Waals surface area contributed by atoms with Gasteiger partial charge in [-0.05, 0) is 50.5 Å². The van der Waals surface area contributed by atoms with E-state index in [0.29, 0.717) is 17.9 Å². The van der Waals surface area contributed by atoms with Crippen molar-refractivity contribution in [3.8, 4) is 11.1 Å². The first-order valence-corrected chi connectivity index (χ1v) is 11.3. The van der Waals surface area contributed by atoms with Gasteiger partial charge in [0.25, 0.3) is 5.91 Å². The molecular weight excluding hydrogens is 422 g/mol. The molecule has 2 aromatic rings. The number of carbonyl (C=O) groups is 1. The first-order chi connectivity index (χ1) is 15.3. The van der Waals surface area contributed by atoms with Crippen molar-refractivity contribution in [3.05, 3.63) is 75.9 Å². The number of hydrogen-bond acceptors (Lipinski definition) is 5. The Hall–Kier alpha value is -2.99. The highest BCUT2D eigenvalue weighted by atomic mass is 35.5. The third kappa shape index (κ3) is 3.00. The zero-order chi connectivity index (χ0) is 22.7. The molecule has 1 amide bonds. The molecule has 0 aliphatic carbocycles. The molecule has 4 heterocycles. The molecule has 1 unspecified atom stereocenters. The van der Waals surface area contributed by atoms with E-state index in [2.05, 4.69) is 44.9 Å². The van der Waals surface area contributed by atoms with E-state index < -0.39 is 5.41 Å². The van der Waals surface area contributed by atoms with Crippen LogP contribution in [0.3, 0.4) is 0 Å². The highest BCUT2D eigenvalue weighted by Crippen LogP contribution is 2.51. The molecule has 0 saturated carbocycles. The van der Waals surface area contributed by atoms with Crippen molar-refractivity contribution in [3.63, 3.8) is 0 Å². The Morgan fingerprint density at radius 3 is 2.84 bits per heavy atom. The lowest BCUT2D eigenvalue weighted by molar-refractivity contribution is -0.120. The van der Waals surface area contributed by atoms with Crippen molar-refractivity contribution < 1.29 is 4.79 Å². The summed E-state index contributed by atoms with van der Waals surface area (Å²) >= 11 is 6.60. The zero-order valence-corrected chi connectivity index (χ0v) is 19.4. The fourth-order valence-corrected chi connectivity index (χ4v) is 5.55. The molecule has 1 aromatic heterocycles. The molecule has 0 bridgehead atoms. The second-order valence-corrected chi connectivity index (χ2v) is 9.71. The van der Waals surface area contributed by atoms with E-state index in [0.717, 1.165) is 39.2 Å². The number of carbonyl (C=O) groups excluding carboxylic acids is 1. The molecule has 32 heavy (non-hydrogen) atoms. The van der Waals surface area contributed by atoms with E-state index in [1.807, 2.05) is 45.2 Å². The molecular formula is C25H26ClN5O. The summed E-state index contributed by atoms with van der Waals surface area (Å²) in [5.41, 5.74) is 5.51. The smallest absolute Gasteiger partial charge is 0.250 e. The SMILES string of the molecule is CC[C@]1(c2cccc(-c3ccnc(C)c3Cl)c2)C2=CN=NC2NC2=C1C(=O)NC(C)(C)C2. The summed E-state index contributed by atoms with van der Waals surface area (Å²) in [4.78, 5) is 17.8. The van der Waals surface area contributed by atoms with Gasteiger partial charge in [0.05, 0.1) is 27.9 Å². The van der Waals surface area contributed by atoms with Crippen LogP contribution in [0.15, 0.2) is 69.8 Å². The van der Waals surface area contributed by atoms with Crippen molar-refractivity contribution in [2.75, 3.05) is 0 Å². The summed E-state index contributed by atoms with van der Waals surface area (Å²) in [7, 11) is 0. The summed E-state index contributed by atoms with van der Waals surface area (Å²) in [6, 6.07) is 10.2. The molecule has 3 aliphatic rings. The van der Waals surface area contributed by atoms with Crippen LogP contribution in [0.25, 0.3) is 11.1 Å². The Balaban J connectivity index is 1.75. The lowest BCUT2D eigenvalue weighted by Gasteiger charge is -2.48. The molecule has 0 radical (unpaired) electrons. The molecule has 7 heteroatoms. The minimum Gasteiger partial charge on any atom is -0.362 e. The van der Waals surface area contributed by atoms with Crippen LogP contribution in [-0.4, -0.2) is 22.6 Å². The first-order valence-electron chi connectivity index (χ1n) is 10.9. The van der Waals surface area contributed by atoms with Crippen molar-refractivity contribution in [1.29, 1.82) is 0 Å². The predicted octanol–water partition coefficient (Wildman–Crippen LogP) is 5.19. The minimum atomic E-state index is -0.625. The number of benzene rings is 1. The molecule has 1 aromatic carbocycles. The predicted molar refractivity (Wildman–Crippen MR) is 125 cm³/mol. The fraction of sp³-hybridized carbons (Fsp3) is 0.360. The average molecular weight is 448 g/mol. The number of amides is 1. The van der Waals surface area contributed by atoms with Crippen LogP contribution in [0.1, 0.15) is 44.9 Å². The molecule has 0 spiro atoms. The third-order valence-corrected chi connectivity index (χ3v) is 7.24. The maximum Gasteiger partial charge on any atom is 0.250 e. The number of fused-ring (bicyclic) bond motifs is 1. The third-order valence-electron chi connectivity index (χ3n) is 6.76. The maximum absolute atomic E-state index is 13.5. The molecule has 6 nitrogen and oxygen atoms in total. The van der Waals surface area contributed by atoms with Crippen LogP contribution in [0.2, 0.25) is 5.02 Å². The topological polar surface area (TPSA) is 78.7 Å². The normalized spacial score (nSPS) is 25.6. The Morgan fingerprint density at radius 2 is 2.06 bits per heavy atom. The molecule has 0 saturated heterocycles. The van der Waals surface area contributed by atoms with Gasteiger partial charge in [-0.2, -0.15) is 10.2 Å². The van der Waals surface area contributed by atoms with E-state index in [4.69, 9.17) is 11.6 Å². The van der Waals surface area contributed by atoms with Crippen LogP contribution in [0.4, 0.5) is 0 Å². The number of nitrogens with one attached hydrogen (secondary N) is 2. The first kappa shape index (κ1) is 20.9. The summed E-state index contributed by atoms with van der Waals surface area (Å²) in [5.74, 6) is -0.0416. The molecule has 2 atom stereocenters. The fourth-order valence-electron chi connectivity index (χ4n) is 5.33. The van der Waals surface area contributed by atoms with Gasteiger partial charge in [-0.1, -0.05) is 36.7 Å². The van der Waals surface area contributed by atoms with Crippen molar-refractivity contribution in [1.82, 2.24) is 15.6 Å². The number of aromatic nitrogens is 1. The number of rotatable bonds is 3. The minimum absolute atomic E-state index is 0.0416. The summed E-state index contributed by atoms with van der Waals surface area (Å²) < 4.78 is 0. The van der Waals surface area contributed by atoms with Gasteiger partial charge >= 0.3 is 0 Å². The molecule has 3 aliphatic heterocycles. The Morgan fingerprint density at radius 1 is 1.25 bits per heavy atom. The second-order valence-electron chi connectivity index (χ2n) is 9.33. The summed E-state index contributed by atoms with van der Waals surface area (Å²) in [5, 5.41) is 16.0. The number of halogens is 1. The Bertz CT molecular complexity index is 1230. The Kier molecular flexibility index (Phi) is 4.75.